The highest BCUT2D eigenvalue weighted by atomic mass is 32.2. The first-order valence-corrected chi connectivity index (χ1v) is 11.8. The van der Waals surface area contributed by atoms with Crippen molar-refractivity contribution in [3.8, 4) is 17.2 Å². The number of nitrogens with zero attached hydrogens (tertiary/aromatic N) is 3. The van der Waals surface area contributed by atoms with E-state index >= 15 is 0 Å². The van der Waals surface area contributed by atoms with Crippen LogP contribution in [0.15, 0.2) is 46.1 Å². The lowest BCUT2D eigenvalue weighted by molar-refractivity contribution is 0.368. The maximum atomic E-state index is 13.9. The van der Waals surface area contributed by atoms with E-state index in [0.717, 1.165) is 29.7 Å². The van der Waals surface area contributed by atoms with Crippen LogP contribution in [-0.4, -0.2) is 44.7 Å². The van der Waals surface area contributed by atoms with E-state index in [1.807, 2.05) is 23.0 Å². The van der Waals surface area contributed by atoms with E-state index < -0.39 is 15.8 Å². The predicted molar refractivity (Wildman–Crippen MR) is 120 cm³/mol. The Morgan fingerprint density at radius 2 is 1.88 bits per heavy atom. The Morgan fingerprint density at radius 1 is 1.15 bits per heavy atom. The summed E-state index contributed by atoms with van der Waals surface area (Å²) in [5.74, 6) is -0.729. The summed E-state index contributed by atoms with van der Waals surface area (Å²) >= 11 is 0. The molecule has 10 nitrogen and oxygen atoms in total. The van der Waals surface area contributed by atoms with Crippen LogP contribution in [0.1, 0.15) is 23.6 Å². The molecule has 0 saturated carbocycles. The van der Waals surface area contributed by atoms with Crippen molar-refractivity contribution in [2.24, 2.45) is 0 Å². The van der Waals surface area contributed by atoms with Crippen LogP contribution >= 0.6 is 0 Å². The fraction of sp³-hybridized carbons (Fsp3) is 0.273. The van der Waals surface area contributed by atoms with E-state index in [-0.39, 0.29) is 28.3 Å². The molecule has 0 amide bonds. The van der Waals surface area contributed by atoms with Crippen molar-refractivity contribution in [1.29, 1.82) is 0 Å². The second-order valence-electron chi connectivity index (χ2n) is 7.67. The standard InChI is InChI=1S/C22H21FN4O6S/c1-30-17-9-12(23)10-18(31-2)21(17)34(28,29)26-22-19-16(33-25-22)11-14-13(20(19)32-3)5-6-15(14)27-8-4-7-24-27/h4,7-11,15H,5-6H2,1-3H3,(H,25,26). The summed E-state index contributed by atoms with van der Waals surface area (Å²) in [5.41, 5.74) is 2.25. The Morgan fingerprint density at radius 3 is 2.50 bits per heavy atom. The fourth-order valence-electron chi connectivity index (χ4n) is 4.45. The van der Waals surface area contributed by atoms with Gasteiger partial charge in [0.15, 0.2) is 16.3 Å². The van der Waals surface area contributed by atoms with Crippen LogP contribution in [0, 0.1) is 5.82 Å². The molecule has 0 saturated heterocycles. The van der Waals surface area contributed by atoms with Crippen molar-refractivity contribution in [1.82, 2.24) is 14.9 Å². The third-order valence-corrected chi connectivity index (χ3v) is 7.26. The van der Waals surface area contributed by atoms with Crippen LogP contribution in [0.2, 0.25) is 0 Å². The van der Waals surface area contributed by atoms with Gasteiger partial charge in [0.05, 0.1) is 27.4 Å². The molecule has 2 aromatic carbocycles. The predicted octanol–water partition coefficient (Wildman–Crippen LogP) is 3.53. The molecule has 178 valence electrons. The average molecular weight is 488 g/mol. The summed E-state index contributed by atoms with van der Waals surface area (Å²) in [6.07, 6.45) is 5.11. The molecule has 12 heteroatoms. The largest absolute Gasteiger partial charge is 0.496 e. The monoisotopic (exact) mass is 488 g/mol. The van der Waals surface area contributed by atoms with Crippen LogP contribution in [0.4, 0.5) is 10.2 Å². The number of nitrogens with one attached hydrogen (secondary N) is 1. The SMILES string of the molecule is COc1cc(F)cc(OC)c1S(=O)(=O)Nc1noc2cc3c(c(OC)c12)CCC3n1cccn1. The molecule has 0 fully saturated rings. The van der Waals surface area contributed by atoms with E-state index in [0.29, 0.717) is 23.1 Å². The summed E-state index contributed by atoms with van der Waals surface area (Å²) in [4.78, 5) is -0.367. The molecule has 1 aliphatic rings. The Kier molecular flexibility index (Phi) is 5.31. The summed E-state index contributed by atoms with van der Waals surface area (Å²) in [5, 5.41) is 8.67. The number of fused-ring (bicyclic) bond motifs is 2. The van der Waals surface area contributed by atoms with Crippen LogP contribution in [0.3, 0.4) is 0 Å². The molecule has 0 radical (unpaired) electrons. The van der Waals surface area contributed by atoms with Gasteiger partial charge >= 0.3 is 0 Å². The number of hydrogen-bond donors (Lipinski definition) is 1. The summed E-state index contributed by atoms with van der Waals surface area (Å²) in [6.45, 7) is 0. The van der Waals surface area contributed by atoms with Gasteiger partial charge < -0.3 is 18.7 Å². The molecule has 1 atom stereocenters. The topological polar surface area (TPSA) is 118 Å². The van der Waals surface area contributed by atoms with E-state index in [1.165, 1.54) is 21.3 Å². The Balaban J connectivity index is 1.62. The number of methoxy groups -OCH3 is 3. The van der Waals surface area contributed by atoms with Gasteiger partial charge in [-0.15, -0.1) is 0 Å². The van der Waals surface area contributed by atoms with E-state index in [9.17, 15) is 12.8 Å². The number of halogens is 1. The first-order valence-electron chi connectivity index (χ1n) is 10.3. The molecule has 0 bridgehead atoms. The van der Waals surface area contributed by atoms with Gasteiger partial charge in [-0.25, -0.2) is 12.8 Å². The summed E-state index contributed by atoms with van der Waals surface area (Å²) < 4.78 is 66.2. The van der Waals surface area contributed by atoms with Gasteiger partial charge in [-0.05, 0) is 30.5 Å². The quantitative estimate of drug-likeness (QED) is 0.420. The van der Waals surface area contributed by atoms with Crippen molar-refractivity contribution in [2.45, 2.75) is 23.8 Å². The zero-order valence-electron chi connectivity index (χ0n) is 18.5. The van der Waals surface area contributed by atoms with Crippen molar-refractivity contribution in [3.63, 3.8) is 0 Å². The smallest absolute Gasteiger partial charge is 0.270 e. The van der Waals surface area contributed by atoms with Gasteiger partial charge in [0.1, 0.15) is 28.5 Å². The number of anilines is 1. The molecule has 5 rings (SSSR count). The maximum absolute atomic E-state index is 13.9. The Bertz CT molecular complexity index is 1460. The first kappa shape index (κ1) is 22.0. The third-order valence-electron chi connectivity index (χ3n) is 5.85. The van der Waals surface area contributed by atoms with Crippen LogP contribution in [0.5, 0.6) is 17.2 Å². The van der Waals surface area contributed by atoms with Gasteiger partial charge in [-0.1, -0.05) is 5.16 Å². The number of hydrogen-bond acceptors (Lipinski definition) is 8. The highest BCUT2D eigenvalue weighted by Crippen LogP contribution is 2.46. The van der Waals surface area contributed by atoms with Crippen LogP contribution < -0.4 is 18.9 Å². The minimum Gasteiger partial charge on any atom is -0.496 e. The molecule has 1 aliphatic carbocycles. The molecular weight excluding hydrogens is 467 g/mol. The van der Waals surface area contributed by atoms with Gasteiger partial charge in [0.2, 0.25) is 0 Å². The first-order chi connectivity index (χ1) is 16.4. The number of benzene rings is 2. The average Bonchev–Trinajstić information content (AvgIpc) is 3.56. The number of sulfonamides is 1. The molecule has 0 aliphatic heterocycles. The third kappa shape index (κ3) is 3.41. The maximum Gasteiger partial charge on any atom is 0.270 e. The lowest BCUT2D eigenvalue weighted by Crippen LogP contribution is -2.16. The van der Waals surface area contributed by atoms with E-state index in [1.54, 1.807) is 6.20 Å². The zero-order valence-corrected chi connectivity index (χ0v) is 19.3. The van der Waals surface area contributed by atoms with E-state index in [2.05, 4.69) is 15.0 Å². The number of aromatic nitrogens is 3. The highest BCUT2D eigenvalue weighted by Gasteiger charge is 2.33. The highest BCUT2D eigenvalue weighted by molar-refractivity contribution is 7.93. The van der Waals surface area contributed by atoms with Gasteiger partial charge in [0, 0.05) is 30.1 Å². The Labute approximate surface area is 194 Å². The fourth-order valence-corrected chi connectivity index (χ4v) is 5.76. The van der Waals surface area contributed by atoms with E-state index in [4.69, 9.17) is 18.7 Å². The molecule has 4 aromatic rings. The van der Waals surface area contributed by atoms with Gasteiger partial charge in [-0.2, -0.15) is 5.10 Å². The van der Waals surface area contributed by atoms with Crippen molar-refractivity contribution in [3.05, 3.63) is 53.6 Å². The lowest BCUT2D eigenvalue weighted by atomic mass is 10.0. The van der Waals surface area contributed by atoms with Gasteiger partial charge in [-0.3, -0.25) is 9.40 Å². The minimum absolute atomic E-state index is 0.00118. The van der Waals surface area contributed by atoms with Crippen molar-refractivity contribution in [2.75, 3.05) is 26.1 Å². The molecular formula is C22H21FN4O6S. The van der Waals surface area contributed by atoms with Crippen LogP contribution in [0.25, 0.3) is 11.0 Å². The minimum atomic E-state index is -4.32. The molecule has 34 heavy (non-hydrogen) atoms. The second kappa shape index (κ2) is 8.20. The van der Waals surface area contributed by atoms with Crippen molar-refractivity contribution >= 4 is 26.8 Å². The number of ether oxygens (including phenoxy) is 3. The second-order valence-corrected chi connectivity index (χ2v) is 9.29. The lowest BCUT2D eigenvalue weighted by Gasteiger charge is -2.15. The molecule has 2 aromatic heterocycles. The normalized spacial score (nSPS) is 15.4. The van der Waals surface area contributed by atoms with Crippen LogP contribution in [-0.2, 0) is 16.4 Å². The molecule has 1 N–H and O–H groups in total. The molecule has 0 spiro atoms. The number of rotatable bonds is 7. The zero-order chi connectivity index (χ0) is 24.0. The van der Waals surface area contributed by atoms with Gasteiger partial charge in [0.25, 0.3) is 10.0 Å². The summed E-state index contributed by atoms with van der Waals surface area (Å²) in [6, 6.07) is 5.60. The molecule has 2 heterocycles. The Hall–Kier alpha value is -3.80. The van der Waals surface area contributed by atoms with Crippen molar-refractivity contribution < 1.29 is 31.5 Å². The summed E-state index contributed by atoms with van der Waals surface area (Å²) in [7, 11) is -0.339. The molecule has 1 unspecified atom stereocenters.